The van der Waals surface area contributed by atoms with Crippen molar-refractivity contribution in [1.29, 1.82) is 0 Å². The lowest BCUT2D eigenvalue weighted by Crippen LogP contribution is -2.38. The highest BCUT2D eigenvalue weighted by Crippen LogP contribution is 2.23. The molecular weight excluding hydrogens is 432 g/mol. The van der Waals surface area contributed by atoms with Crippen LogP contribution in [0.4, 0.5) is 5.69 Å². The third-order valence-electron chi connectivity index (χ3n) is 4.81. The third-order valence-corrected chi connectivity index (χ3v) is 5.30. The summed E-state index contributed by atoms with van der Waals surface area (Å²) in [7, 11) is 0. The lowest BCUT2D eigenvalue weighted by atomic mass is 10.1. The molecule has 0 atom stereocenters. The van der Waals surface area contributed by atoms with Crippen molar-refractivity contribution in [3.63, 3.8) is 0 Å². The second-order valence-electron chi connectivity index (χ2n) is 6.69. The molecule has 0 saturated heterocycles. The Hall–Kier alpha value is -2.51. The van der Waals surface area contributed by atoms with Crippen LogP contribution in [-0.2, 0) is 0 Å². The van der Waals surface area contributed by atoms with Crippen LogP contribution in [0.25, 0.3) is 11.5 Å². The van der Waals surface area contributed by atoms with Gasteiger partial charge in [-0.3, -0.25) is 4.79 Å². The van der Waals surface area contributed by atoms with Gasteiger partial charge in [0.15, 0.2) is 5.82 Å². The van der Waals surface area contributed by atoms with Crippen LogP contribution in [0.2, 0.25) is 0 Å². The van der Waals surface area contributed by atoms with E-state index in [1.807, 2.05) is 41.3 Å². The molecule has 1 heterocycles. The van der Waals surface area contributed by atoms with E-state index in [0.29, 0.717) is 23.8 Å². The minimum absolute atomic E-state index is 0.0384. The molecule has 29 heavy (non-hydrogen) atoms. The Morgan fingerprint density at radius 1 is 1.07 bits per heavy atom. The van der Waals surface area contributed by atoms with Gasteiger partial charge < -0.3 is 14.3 Å². The molecule has 0 radical (unpaired) electrons. The Morgan fingerprint density at radius 3 is 2.38 bits per heavy atom. The fraction of sp³-hybridized carbons (Fsp3) is 0.318. The summed E-state index contributed by atoms with van der Waals surface area (Å²) >= 11 is 3.51. The van der Waals surface area contributed by atoms with Crippen LogP contribution in [0, 0.1) is 6.92 Å². The first-order valence-corrected chi connectivity index (χ1v) is 10.5. The van der Waals surface area contributed by atoms with Crippen LogP contribution in [0.15, 0.2) is 57.5 Å². The molecule has 0 fully saturated rings. The summed E-state index contributed by atoms with van der Waals surface area (Å²) in [6.07, 6.45) is 0. The number of benzene rings is 2. The second kappa shape index (κ2) is 9.80. The van der Waals surface area contributed by atoms with Gasteiger partial charge in [0.1, 0.15) is 0 Å². The van der Waals surface area contributed by atoms with Gasteiger partial charge in [-0.2, -0.15) is 4.98 Å². The van der Waals surface area contributed by atoms with Crippen molar-refractivity contribution < 1.29 is 9.32 Å². The van der Waals surface area contributed by atoms with E-state index in [0.717, 1.165) is 35.4 Å². The van der Waals surface area contributed by atoms with Gasteiger partial charge >= 0.3 is 0 Å². The first kappa shape index (κ1) is 21.2. The molecular formula is C22H25BrN4O2. The molecule has 0 saturated carbocycles. The maximum Gasteiger partial charge on any atom is 0.258 e. The number of carbonyl (C=O) groups is 1. The van der Waals surface area contributed by atoms with Crippen molar-refractivity contribution in [3.8, 4) is 11.5 Å². The number of carbonyl (C=O) groups excluding carboxylic acids is 1. The van der Waals surface area contributed by atoms with Crippen molar-refractivity contribution in [3.05, 3.63) is 64.4 Å². The SMILES string of the molecule is CCN(CC)CCN(C(=O)c1ccc(-c2nc(C)no2)cc1)c1cccc(Br)c1. The van der Waals surface area contributed by atoms with Crippen molar-refractivity contribution in [2.75, 3.05) is 31.1 Å². The number of aromatic nitrogens is 2. The van der Waals surface area contributed by atoms with Crippen LogP contribution in [0.3, 0.4) is 0 Å². The summed E-state index contributed by atoms with van der Waals surface area (Å²) in [4.78, 5) is 21.7. The predicted molar refractivity (Wildman–Crippen MR) is 118 cm³/mol. The third kappa shape index (κ3) is 5.31. The molecule has 0 aliphatic heterocycles. The van der Waals surface area contributed by atoms with Gasteiger partial charge in [-0.1, -0.05) is 41.0 Å². The van der Waals surface area contributed by atoms with Gasteiger partial charge in [0.2, 0.25) is 0 Å². The van der Waals surface area contributed by atoms with E-state index in [2.05, 4.69) is 44.8 Å². The molecule has 3 rings (SSSR count). The number of nitrogens with zero attached hydrogens (tertiary/aromatic N) is 4. The zero-order valence-corrected chi connectivity index (χ0v) is 18.5. The van der Waals surface area contributed by atoms with Gasteiger partial charge in [0, 0.05) is 34.4 Å². The lowest BCUT2D eigenvalue weighted by Gasteiger charge is -2.27. The fourth-order valence-corrected chi connectivity index (χ4v) is 3.49. The Morgan fingerprint density at radius 2 is 1.79 bits per heavy atom. The summed E-state index contributed by atoms with van der Waals surface area (Å²) < 4.78 is 6.15. The van der Waals surface area contributed by atoms with E-state index in [1.54, 1.807) is 19.1 Å². The average Bonchev–Trinajstić information content (AvgIpc) is 3.17. The quantitative estimate of drug-likeness (QED) is 0.487. The monoisotopic (exact) mass is 456 g/mol. The minimum Gasteiger partial charge on any atom is -0.334 e. The van der Waals surface area contributed by atoms with Gasteiger partial charge in [0.05, 0.1) is 0 Å². The van der Waals surface area contributed by atoms with Gasteiger partial charge in [0.25, 0.3) is 11.8 Å². The molecule has 3 aromatic rings. The van der Waals surface area contributed by atoms with Gasteiger partial charge in [-0.25, -0.2) is 0 Å². The standard InChI is InChI=1S/C22H25BrN4O2/c1-4-26(5-2)13-14-27(20-8-6-7-19(23)15-20)22(28)18-11-9-17(10-12-18)21-24-16(3)25-29-21/h6-12,15H,4-5,13-14H2,1-3H3. The minimum atomic E-state index is -0.0384. The molecule has 1 aromatic heterocycles. The summed E-state index contributed by atoms with van der Waals surface area (Å²) in [5, 5.41) is 3.81. The lowest BCUT2D eigenvalue weighted by molar-refractivity contribution is 0.0984. The fourth-order valence-electron chi connectivity index (χ4n) is 3.10. The molecule has 0 aliphatic carbocycles. The van der Waals surface area contributed by atoms with E-state index < -0.39 is 0 Å². The number of halogens is 1. The van der Waals surface area contributed by atoms with E-state index in [9.17, 15) is 4.79 Å². The Balaban J connectivity index is 1.85. The van der Waals surface area contributed by atoms with Crippen LogP contribution < -0.4 is 4.90 Å². The average molecular weight is 457 g/mol. The summed E-state index contributed by atoms with van der Waals surface area (Å²) in [6.45, 7) is 9.37. The summed E-state index contributed by atoms with van der Waals surface area (Å²) in [5.41, 5.74) is 2.27. The molecule has 0 spiro atoms. The van der Waals surface area contributed by atoms with Gasteiger partial charge in [-0.05, 0) is 62.5 Å². The van der Waals surface area contributed by atoms with E-state index in [-0.39, 0.29) is 5.91 Å². The number of likely N-dealkylation sites (N-methyl/N-ethyl adjacent to an activating group) is 1. The highest BCUT2D eigenvalue weighted by Gasteiger charge is 2.19. The van der Waals surface area contributed by atoms with Crippen LogP contribution in [0.5, 0.6) is 0 Å². The first-order valence-electron chi connectivity index (χ1n) is 9.72. The molecule has 0 N–H and O–H groups in total. The van der Waals surface area contributed by atoms with Crippen molar-refractivity contribution in [1.82, 2.24) is 15.0 Å². The van der Waals surface area contributed by atoms with Crippen molar-refractivity contribution >= 4 is 27.5 Å². The van der Waals surface area contributed by atoms with Gasteiger partial charge in [-0.15, -0.1) is 0 Å². The van der Waals surface area contributed by atoms with E-state index in [1.165, 1.54) is 0 Å². The van der Waals surface area contributed by atoms with Crippen molar-refractivity contribution in [2.45, 2.75) is 20.8 Å². The molecule has 2 aromatic carbocycles. The highest BCUT2D eigenvalue weighted by atomic mass is 79.9. The molecule has 7 heteroatoms. The number of hydrogen-bond acceptors (Lipinski definition) is 5. The first-order chi connectivity index (χ1) is 14.0. The zero-order valence-electron chi connectivity index (χ0n) is 16.9. The van der Waals surface area contributed by atoms with Crippen LogP contribution in [-0.4, -0.2) is 47.1 Å². The maximum atomic E-state index is 13.3. The molecule has 6 nitrogen and oxygen atoms in total. The molecule has 0 aliphatic rings. The Kier molecular flexibility index (Phi) is 7.17. The number of rotatable bonds is 8. The van der Waals surface area contributed by atoms with Crippen LogP contribution >= 0.6 is 15.9 Å². The molecule has 0 bridgehead atoms. The Labute approximate surface area is 179 Å². The Bertz CT molecular complexity index is 951. The summed E-state index contributed by atoms with van der Waals surface area (Å²) in [6, 6.07) is 15.1. The largest absolute Gasteiger partial charge is 0.334 e. The number of amides is 1. The smallest absolute Gasteiger partial charge is 0.258 e. The number of anilines is 1. The molecule has 1 amide bonds. The normalized spacial score (nSPS) is 11.1. The number of hydrogen-bond donors (Lipinski definition) is 0. The topological polar surface area (TPSA) is 62.5 Å². The van der Waals surface area contributed by atoms with Crippen LogP contribution in [0.1, 0.15) is 30.0 Å². The molecule has 0 unspecified atom stereocenters. The zero-order chi connectivity index (χ0) is 20.8. The number of aryl methyl sites for hydroxylation is 1. The van der Waals surface area contributed by atoms with E-state index >= 15 is 0 Å². The maximum absolute atomic E-state index is 13.3. The van der Waals surface area contributed by atoms with E-state index in [4.69, 9.17) is 4.52 Å². The summed E-state index contributed by atoms with van der Waals surface area (Å²) in [5.74, 6) is 0.993. The molecule has 152 valence electrons. The second-order valence-corrected chi connectivity index (χ2v) is 7.60. The highest BCUT2D eigenvalue weighted by molar-refractivity contribution is 9.10. The van der Waals surface area contributed by atoms with Crippen molar-refractivity contribution in [2.24, 2.45) is 0 Å². The predicted octanol–water partition coefficient (Wildman–Crippen LogP) is 4.80.